The van der Waals surface area contributed by atoms with E-state index in [1.165, 1.54) is 37.3 Å². The summed E-state index contributed by atoms with van der Waals surface area (Å²) in [4.78, 5) is 24.3. The maximum absolute atomic E-state index is 15.6. The first-order valence-electron chi connectivity index (χ1n) is 10.3. The molecule has 0 aliphatic rings. The van der Waals surface area contributed by atoms with Crippen molar-refractivity contribution in [2.75, 3.05) is 29.5 Å². The molecule has 0 bridgehead atoms. The number of hydrogen-bond donors (Lipinski definition) is 3. The summed E-state index contributed by atoms with van der Waals surface area (Å²) in [5.41, 5.74) is 0.750. The third kappa shape index (κ3) is 4.73. The lowest BCUT2D eigenvalue weighted by molar-refractivity contribution is 0.101. The molecular weight excluding hydrogens is 495 g/mol. The third-order valence-electron chi connectivity index (χ3n) is 5.19. The summed E-state index contributed by atoms with van der Waals surface area (Å²) in [6, 6.07) is 9.84. The van der Waals surface area contributed by atoms with E-state index < -0.39 is 15.8 Å². The minimum atomic E-state index is -4.31. The molecule has 12 heteroatoms. The van der Waals surface area contributed by atoms with Gasteiger partial charge in [0.15, 0.2) is 17.2 Å². The average Bonchev–Trinajstić information content (AvgIpc) is 2.84. The van der Waals surface area contributed by atoms with E-state index in [9.17, 15) is 13.2 Å². The summed E-state index contributed by atoms with van der Waals surface area (Å²) in [7, 11) is -1.00. The van der Waals surface area contributed by atoms with Crippen LogP contribution in [0.25, 0.3) is 22.2 Å². The van der Waals surface area contributed by atoms with Gasteiger partial charge in [0.05, 0.1) is 10.7 Å². The lowest BCUT2D eigenvalue weighted by Gasteiger charge is -2.15. The number of Topliss-reactive ketones (excluding diaryl/α,β-unsaturated/α-hetero) is 1. The van der Waals surface area contributed by atoms with Gasteiger partial charge in [-0.05, 0) is 37.3 Å². The van der Waals surface area contributed by atoms with Gasteiger partial charge in [0, 0.05) is 42.4 Å². The highest BCUT2D eigenvalue weighted by atomic mass is 35.5. The average molecular weight is 515 g/mol. The SMILES string of the molecule is CNc1ncc2cc(-c3cccc(NS(=O)(=O)c4cc(C(C)=O)ccc4Cl)c3F)c(NC)nc2n1. The van der Waals surface area contributed by atoms with E-state index >= 15 is 4.39 Å². The van der Waals surface area contributed by atoms with Gasteiger partial charge in [-0.3, -0.25) is 9.52 Å². The van der Waals surface area contributed by atoms with Crippen LogP contribution in [-0.2, 0) is 10.0 Å². The topological polar surface area (TPSA) is 126 Å². The van der Waals surface area contributed by atoms with Crippen LogP contribution in [0.5, 0.6) is 0 Å². The number of nitrogens with zero attached hydrogens (tertiary/aromatic N) is 3. The fourth-order valence-corrected chi connectivity index (χ4v) is 5.01. The van der Waals surface area contributed by atoms with Gasteiger partial charge in [0.1, 0.15) is 10.7 Å². The number of pyridine rings is 1. The summed E-state index contributed by atoms with van der Waals surface area (Å²) in [5, 5.41) is 6.22. The van der Waals surface area contributed by atoms with Crippen molar-refractivity contribution in [1.82, 2.24) is 15.0 Å². The number of carbonyl (C=O) groups excluding carboxylic acids is 1. The number of nitrogens with one attached hydrogen (secondary N) is 3. The largest absolute Gasteiger partial charge is 0.373 e. The number of sulfonamides is 1. The molecule has 0 saturated heterocycles. The highest BCUT2D eigenvalue weighted by Gasteiger charge is 2.23. The van der Waals surface area contributed by atoms with Gasteiger partial charge >= 0.3 is 0 Å². The van der Waals surface area contributed by atoms with E-state index in [-0.39, 0.29) is 32.5 Å². The van der Waals surface area contributed by atoms with Gasteiger partial charge in [0.2, 0.25) is 5.95 Å². The molecule has 0 fully saturated rings. The van der Waals surface area contributed by atoms with Crippen molar-refractivity contribution in [3.8, 4) is 11.1 Å². The summed E-state index contributed by atoms with van der Waals surface area (Å²) < 4.78 is 43.9. The van der Waals surface area contributed by atoms with Crippen LogP contribution in [0.3, 0.4) is 0 Å². The molecule has 0 saturated carbocycles. The van der Waals surface area contributed by atoms with E-state index in [4.69, 9.17) is 11.6 Å². The molecule has 2 aromatic carbocycles. The molecule has 4 aromatic rings. The first-order valence-corrected chi connectivity index (χ1v) is 12.2. The van der Waals surface area contributed by atoms with E-state index in [0.29, 0.717) is 28.4 Å². The van der Waals surface area contributed by atoms with Gasteiger partial charge in [0.25, 0.3) is 10.0 Å². The molecule has 3 N–H and O–H groups in total. The molecule has 2 heterocycles. The standard InChI is InChI=1S/C23H20ClFN6O3S/c1-12(32)13-7-8-17(24)19(10-13)35(33,34)31-18-6-4-5-15(20(18)25)16-9-14-11-28-23(27-3)30-21(14)29-22(16)26-2/h4-11,31H,1-3H3,(H2,26,27,28,29,30). The first kappa shape index (κ1) is 24.3. The molecule has 4 rings (SSSR count). The number of halogens is 2. The molecule has 9 nitrogen and oxygen atoms in total. The smallest absolute Gasteiger partial charge is 0.263 e. The Morgan fingerprint density at radius 3 is 2.49 bits per heavy atom. The van der Waals surface area contributed by atoms with Crippen molar-refractivity contribution < 1.29 is 17.6 Å². The minimum Gasteiger partial charge on any atom is -0.373 e. The molecular formula is C23H20ClFN6O3S. The number of ketones is 1. The van der Waals surface area contributed by atoms with Crippen LogP contribution < -0.4 is 15.4 Å². The van der Waals surface area contributed by atoms with Crippen molar-refractivity contribution in [2.24, 2.45) is 0 Å². The van der Waals surface area contributed by atoms with Crippen molar-refractivity contribution >= 4 is 55.9 Å². The number of fused-ring (bicyclic) bond motifs is 1. The Hall–Kier alpha value is -3.83. The zero-order valence-corrected chi connectivity index (χ0v) is 20.4. The molecule has 0 spiro atoms. The maximum Gasteiger partial charge on any atom is 0.263 e. The van der Waals surface area contributed by atoms with Gasteiger partial charge in [-0.15, -0.1) is 0 Å². The Kier molecular flexibility index (Phi) is 6.55. The lowest BCUT2D eigenvalue weighted by Crippen LogP contribution is -2.15. The second kappa shape index (κ2) is 9.43. The van der Waals surface area contributed by atoms with E-state index in [1.807, 2.05) is 0 Å². The van der Waals surface area contributed by atoms with Crippen molar-refractivity contribution in [2.45, 2.75) is 11.8 Å². The summed E-state index contributed by atoms with van der Waals surface area (Å²) >= 11 is 6.08. The van der Waals surface area contributed by atoms with Crippen LogP contribution in [0.15, 0.2) is 53.6 Å². The minimum absolute atomic E-state index is 0.101. The number of hydrogen-bond acceptors (Lipinski definition) is 8. The van der Waals surface area contributed by atoms with E-state index in [0.717, 1.165) is 6.07 Å². The second-order valence-corrected chi connectivity index (χ2v) is 9.52. The predicted molar refractivity (Wildman–Crippen MR) is 134 cm³/mol. The highest BCUT2D eigenvalue weighted by molar-refractivity contribution is 7.92. The Bertz CT molecular complexity index is 1580. The fraction of sp³-hybridized carbons (Fsp3) is 0.130. The monoisotopic (exact) mass is 514 g/mol. The van der Waals surface area contributed by atoms with Crippen LogP contribution in [0.1, 0.15) is 17.3 Å². The first-order chi connectivity index (χ1) is 16.6. The molecule has 0 aliphatic heterocycles. The Morgan fingerprint density at radius 1 is 1.03 bits per heavy atom. The summed E-state index contributed by atoms with van der Waals surface area (Å²) in [6.45, 7) is 1.30. The molecule has 2 aromatic heterocycles. The zero-order chi connectivity index (χ0) is 25.3. The van der Waals surface area contributed by atoms with Gasteiger partial charge in [-0.2, -0.15) is 4.98 Å². The van der Waals surface area contributed by atoms with Crippen molar-refractivity contribution in [3.63, 3.8) is 0 Å². The van der Waals surface area contributed by atoms with Crippen molar-refractivity contribution in [1.29, 1.82) is 0 Å². The Balaban J connectivity index is 1.79. The quantitative estimate of drug-likeness (QED) is 0.306. The third-order valence-corrected chi connectivity index (χ3v) is 7.04. The maximum atomic E-state index is 15.6. The van der Waals surface area contributed by atoms with Gasteiger partial charge < -0.3 is 10.6 Å². The second-order valence-electron chi connectivity index (χ2n) is 7.46. The zero-order valence-electron chi connectivity index (χ0n) is 18.8. The summed E-state index contributed by atoms with van der Waals surface area (Å²) in [6.07, 6.45) is 1.55. The summed E-state index contributed by atoms with van der Waals surface area (Å²) in [5.74, 6) is -0.426. The molecule has 35 heavy (non-hydrogen) atoms. The fourth-order valence-electron chi connectivity index (χ4n) is 3.43. The molecule has 0 atom stereocenters. The molecule has 0 amide bonds. The number of aromatic nitrogens is 3. The van der Waals surface area contributed by atoms with Crippen LogP contribution in [0.2, 0.25) is 5.02 Å². The molecule has 0 radical (unpaired) electrons. The predicted octanol–water partition coefficient (Wildman–Crippen LogP) is 4.57. The van der Waals surface area contributed by atoms with E-state index in [2.05, 4.69) is 30.3 Å². The molecule has 0 aliphatic carbocycles. The van der Waals surface area contributed by atoms with Crippen molar-refractivity contribution in [3.05, 3.63) is 65.1 Å². The van der Waals surface area contributed by atoms with Gasteiger partial charge in [-0.1, -0.05) is 23.7 Å². The number of rotatable bonds is 7. The number of benzene rings is 2. The van der Waals surface area contributed by atoms with Crippen LogP contribution in [0.4, 0.5) is 21.8 Å². The van der Waals surface area contributed by atoms with E-state index in [1.54, 1.807) is 26.4 Å². The van der Waals surface area contributed by atoms with Crippen LogP contribution in [0, 0.1) is 5.82 Å². The normalized spacial score (nSPS) is 11.3. The van der Waals surface area contributed by atoms with Crippen LogP contribution >= 0.6 is 11.6 Å². The highest BCUT2D eigenvalue weighted by Crippen LogP contribution is 2.35. The molecule has 180 valence electrons. The Morgan fingerprint density at radius 2 is 1.80 bits per heavy atom. The number of anilines is 3. The molecule has 0 unspecified atom stereocenters. The van der Waals surface area contributed by atoms with Gasteiger partial charge in [-0.25, -0.2) is 22.8 Å². The Labute approximate surface area is 205 Å². The lowest BCUT2D eigenvalue weighted by atomic mass is 10.0. The van der Waals surface area contributed by atoms with Crippen LogP contribution in [-0.4, -0.2) is 43.2 Å². The number of carbonyl (C=O) groups is 1.